The van der Waals surface area contributed by atoms with Gasteiger partial charge in [0.25, 0.3) is 5.56 Å². The SMILES string of the molecule is N#Cc1c[nH]c2ncnc(N3CC[C@H]3c3nn4ccc(F)c4c(=O)n3-c3ccccc3)c12.S. The van der Waals surface area contributed by atoms with Gasteiger partial charge in [-0.15, -0.1) is 0 Å². The number of hydrogen-bond donors (Lipinski definition) is 1. The average molecular weight is 460 g/mol. The minimum absolute atomic E-state index is 0. The molecular formula is C22H17FN8OS. The summed E-state index contributed by atoms with van der Waals surface area (Å²) in [5.74, 6) is 0.445. The molecule has 9 nitrogen and oxygen atoms in total. The quantitative estimate of drug-likeness (QED) is 0.444. The molecule has 5 aromatic rings. The van der Waals surface area contributed by atoms with Crippen LogP contribution in [-0.2, 0) is 0 Å². The zero-order valence-corrected chi connectivity index (χ0v) is 18.1. The third-order valence-electron chi connectivity index (χ3n) is 5.84. The molecule has 0 aliphatic carbocycles. The van der Waals surface area contributed by atoms with Crippen LogP contribution in [0.15, 0.2) is 59.9 Å². The van der Waals surface area contributed by atoms with E-state index in [-0.39, 0.29) is 25.1 Å². The van der Waals surface area contributed by atoms with Crippen molar-refractivity contribution in [1.29, 1.82) is 5.26 Å². The van der Waals surface area contributed by atoms with Crippen molar-refractivity contribution in [2.45, 2.75) is 12.5 Å². The molecule has 1 fully saturated rings. The summed E-state index contributed by atoms with van der Waals surface area (Å²) in [5.41, 5.74) is 1.02. The van der Waals surface area contributed by atoms with Gasteiger partial charge in [-0.2, -0.15) is 23.9 Å². The number of nitrogens with one attached hydrogen (secondary N) is 1. The summed E-state index contributed by atoms with van der Waals surface area (Å²) in [6.07, 6.45) is 5.19. The van der Waals surface area contributed by atoms with E-state index in [1.54, 1.807) is 18.3 Å². The molecule has 1 saturated heterocycles. The van der Waals surface area contributed by atoms with Crippen LogP contribution in [0.1, 0.15) is 23.9 Å². The molecule has 0 saturated carbocycles. The van der Waals surface area contributed by atoms with Gasteiger partial charge in [0, 0.05) is 18.9 Å². The lowest BCUT2D eigenvalue weighted by Crippen LogP contribution is -2.45. The number of nitrogens with zero attached hydrogens (tertiary/aromatic N) is 7. The summed E-state index contributed by atoms with van der Waals surface area (Å²) >= 11 is 0. The molecule has 5 heterocycles. The highest BCUT2D eigenvalue weighted by Gasteiger charge is 2.37. The standard InChI is InChI=1S/C22H15FN8O.H2S/c23-15-6-9-30-18(15)22(32)31(14-4-2-1-3-5-14)20(28-30)16-7-8-29(16)21-17-13(10-24)11-25-19(17)26-12-27-21;/h1-6,9,11-12,16H,7-8H2,(H,25,26,27);1H2/t16-;/m0./s1. The fourth-order valence-electron chi connectivity index (χ4n) is 4.25. The van der Waals surface area contributed by atoms with Crippen LogP contribution in [0.2, 0.25) is 0 Å². The third-order valence-corrected chi connectivity index (χ3v) is 5.84. The first-order valence-electron chi connectivity index (χ1n) is 10.0. The van der Waals surface area contributed by atoms with Crippen LogP contribution in [0.4, 0.5) is 10.2 Å². The fourth-order valence-corrected chi connectivity index (χ4v) is 4.25. The lowest BCUT2D eigenvalue weighted by molar-refractivity contribution is 0.424. The summed E-state index contributed by atoms with van der Waals surface area (Å²) in [4.78, 5) is 27.0. The number of H-pyrrole nitrogens is 1. The number of hydrogen-bond acceptors (Lipinski definition) is 6. The second kappa shape index (κ2) is 7.75. The van der Waals surface area contributed by atoms with Gasteiger partial charge in [-0.25, -0.2) is 18.9 Å². The lowest BCUT2D eigenvalue weighted by Gasteiger charge is -2.42. The maximum absolute atomic E-state index is 14.4. The van der Waals surface area contributed by atoms with Gasteiger partial charge in [0.15, 0.2) is 17.2 Å². The number of benzene rings is 1. The van der Waals surface area contributed by atoms with Crippen molar-refractivity contribution >= 4 is 35.9 Å². The minimum atomic E-state index is -0.618. The Hall–Kier alpha value is -4.17. The van der Waals surface area contributed by atoms with Crippen molar-refractivity contribution in [3.63, 3.8) is 0 Å². The summed E-state index contributed by atoms with van der Waals surface area (Å²) in [7, 11) is 0. The monoisotopic (exact) mass is 460 g/mol. The molecule has 0 bridgehead atoms. The lowest BCUT2D eigenvalue weighted by atomic mass is 10.0. The number of fused-ring (bicyclic) bond motifs is 2. The molecule has 11 heteroatoms. The Kier molecular flexibility index (Phi) is 4.87. The van der Waals surface area contributed by atoms with Crippen molar-refractivity contribution in [1.82, 2.24) is 29.1 Å². The topological polar surface area (TPSA) is 108 Å². The van der Waals surface area contributed by atoms with E-state index in [1.165, 1.54) is 27.7 Å². The van der Waals surface area contributed by atoms with E-state index in [2.05, 4.69) is 26.1 Å². The number of aromatic nitrogens is 6. The largest absolute Gasteiger partial charge is 0.345 e. The van der Waals surface area contributed by atoms with Crippen LogP contribution in [0.25, 0.3) is 22.2 Å². The van der Waals surface area contributed by atoms with Gasteiger partial charge >= 0.3 is 0 Å². The van der Waals surface area contributed by atoms with Gasteiger partial charge in [-0.05, 0) is 24.6 Å². The van der Waals surface area contributed by atoms with E-state index < -0.39 is 11.4 Å². The smallest absolute Gasteiger partial charge is 0.285 e. The molecule has 6 rings (SSSR count). The van der Waals surface area contributed by atoms with E-state index in [0.29, 0.717) is 46.9 Å². The third kappa shape index (κ3) is 2.99. The molecule has 1 aliphatic rings. The summed E-state index contributed by atoms with van der Waals surface area (Å²) in [5, 5.41) is 14.8. The Morgan fingerprint density at radius 2 is 2.00 bits per heavy atom. The summed E-state index contributed by atoms with van der Waals surface area (Å²) in [6.45, 7) is 0.662. The highest BCUT2D eigenvalue weighted by molar-refractivity contribution is 7.59. The van der Waals surface area contributed by atoms with Gasteiger partial charge in [0.2, 0.25) is 0 Å². The Balaban J connectivity index is 0.00000228. The van der Waals surface area contributed by atoms with Crippen molar-refractivity contribution < 1.29 is 4.39 Å². The first-order chi connectivity index (χ1) is 15.7. The number of anilines is 1. The van der Waals surface area contributed by atoms with Crippen molar-refractivity contribution in [3.8, 4) is 11.8 Å². The first kappa shape index (κ1) is 20.7. The molecular weight excluding hydrogens is 443 g/mol. The maximum atomic E-state index is 14.4. The van der Waals surface area contributed by atoms with Crippen molar-refractivity contribution in [2.24, 2.45) is 0 Å². The van der Waals surface area contributed by atoms with Crippen LogP contribution >= 0.6 is 13.5 Å². The molecule has 0 amide bonds. The van der Waals surface area contributed by atoms with Crippen molar-refractivity contribution in [2.75, 3.05) is 11.4 Å². The Morgan fingerprint density at radius 3 is 2.73 bits per heavy atom. The summed E-state index contributed by atoms with van der Waals surface area (Å²) < 4.78 is 17.1. The zero-order chi connectivity index (χ0) is 21.8. The highest BCUT2D eigenvalue weighted by Crippen LogP contribution is 2.39. The number of halogens is 1. The molecule has 1 aliphatic heterocycles. The second-order valence-corrected chi connectivity index (χ2v) is 7.52. The van der Waals surface area contributed by atoms with Crippen LogP contribution in [0.3, 0.4) is 0 Å². The van der Waals surface area contributed by atoms with Gasteiger partial charge in [-0.3, -0.25) is 9.36 Å². The predicted octanol–water partition coefficient (Wildman–Crippen LogP) is 2.83. The van der Waals surface area contributed by atoms with Gasteiger partial charge < -0.3 is 9.88 Å². The van der Waals surface area contributed by atoms with Gasteiger partial charge in [-0.1, -0.05) is 18.2 Å². The number of nitriles is 1. The van der Waals surface area contributed by atoms with E-state index in [9.17, 15) is 14.4 Å². The van der Waals surface area contributed by atoms with E-state index in [4.69, 9.17) is 0 Å². The van der Waals surface area contributed by atoms with E-state index in [0.717, 1.165) is 0 Å². The predicted molar refractivity (Wildman–Crippen MR) is 124 cm³/mol. The molecule has 1 N–H and O–H groups in total. The van der Waals surface area contributed by atoms with Crippen molar-refractivity contribution in [3.05, 3.63) is 82.7 Å². The summed E-state index contributed by atoms with van der Waals surface area (Å²) in [6, 6.07) is 12.2. The number of aromatic amines is 1. The molecule has 1 aromatic carbocycles. The molecule has 164 valence electrons. The minimum Gasteiger partial charge on any atom is -0.345 e. The van der Waals surface area contributed by atoms with Gasteiger partial charge in [0.1, 0.15) is 23.9 Å². The maximum Gasteiger partial charge on any atom is 0.285 e. The first-order valence-corrected chi connectivity index (χ1v) is 10.0. The fraction of sp³-hybridized carbons (Fsp3) is 0.136. The second-order valence-electron chi connectivity index (χ2n) is 7.52. The molecule has 4 aromatic heterocycles. The molecule has 0 spiro atoms. The number of rotatable bonds is 3. The highest BCUT2D eigenvalue weighted by atomic mass is 32.1. The van der Waals surface area contributed by atoms with Crippen LogP contribution in [0.5, 0.6) is 0 Å². The normalized spacial score (nSPS) is 15.3. The van der Waals surface area contributed by atoms with Gasteiger partial charge in [0.05, 0.1) is 22.7 Å². The molecule has 0 radical (unpaired) electrons. The molecule has 0 unspecified atom stereocenters. The van der Waals surface area contributed by atoms with Crippen LogP contribution in [-0.4, -0.2) is 35.7 Å². The average Bonchev–Trinajstić information content (AvgIpc) is 3.38. The zero-order valence-electron chi connectivity index (χ0n) is 17.1. The van der Waals surface area contributed by atoms with E-state index >= 15 is 0 Å². The Morgan fingerprint density at radius 1 is 1.18 bits per heavy atom. The van der Waals surface area contributed by atoms with Crippen LogP contribution < -0.4 is 10.5 Å². The molecule has 33 heavy (non-hydrogen) atoms. The Bertz CT molecular complexity index is 1600. The van der Waals surface area contributed by atoms with E-state index in [1.807, 2.05) is 23.1 Å². The van der Waals surface area contributed by atoms with Crippen LogP contribution in [0, 0.1) is 17.1 Å². The Labute approximate surface area is 193 Å². The number of para-hydroxylation sites is 1. The molecule has 1 atom stereocenters.